The molecule has 1 aliphatic rings. The van der Waals surface area contributed by atoms with Gasteiger partial charge in [0.1, 0.15) is 0 Å². The van der Waals surface area contributed by atoms with E-state index in [0.717, 1.165) is 25.1 Å². The third kappa shape index (κ3) is 2.56. The van der Waals surface area contributed by atoms with Crippen LogP contribution in [0.5, 0.6) is 5.75 Å². The van der Waals surface area contributed by atoms with Crippen LogP contribution in [0.15, 0.2) is 24.3 Å². The summed E-state index contributed by atoms with van der Waals surface area (Å²) in [6.07, 6.45) is 3.11. The molecular formula is C15H20FNO. The zero-order chi connectivity index (χ0) is 13.1. The molecule has 0 saturated carbocycles. The number of methoxy groups -OCH3 is 1. The van der Waals surface area contributed by atoms with E-state index in [0.29, 0.717) is 17.4 Å². The second-order valence-corrected chi connectivity index (χ2v) is 4.90. The summed E-state index contributed by atoms with van der Waals surface area (Å²) >= 11 is 0. The Hall–Kier alpha value is -1.35. The molecule has 98 valence electrons. The lowest BCUT2D eigenvalue weighted by atomic mass is 9.99. The van der Waals surface area contributed by atoms with Crippen molar-refractivity contribution in [2.45, 2.75) is 26.3 Å². The first-order valence-corrected chi connectivity index (χ1v) is 6.39. The molecule has 0 atom stereocenters. The summed E-state index contributed by atoms with van der Waals surface area (Å²) in [7, 11) is 1.50. The van der Waals surface area contributed by atoms with Gasteiger partial charge in [0.2, 0.25) is 0 Å². The van der Waals surface area contributed by atoms with Gasteiger partial charge in [-0.3, -0.25) is 4.90 Å². The number of nitrogens with zero attached hydrogens (tertiary/aromatic N) is 1. The molecule has 18 heavy (non-hydrogen) atoms. The van der Waals surface area contributed by atoms with Gasteiger partial charge in [-0.15, -0.1) is 0 Å². The van der Waals surface area contributed by atoms with Gasteiger partial charge in [-0.2, -0.15) is 0 Å². The molecule has 0 unspecified atom stereocenters. The van der Waals surface area contributed by atoms with Crippen LogP contribution in [0.3, 0.4) is 0 Å². The first-order chi connectivity index (χ1) is 8.63. The van der Waals surface area contributed by atoms with E-state index in [2.05, 4.69) is 24.8 Å². The summed E-state index contributed by atoms with van der Waals surface area (Å²) < 4.78 is 19.2. The molecule has 0 saturated heterocycles. The Balaban J connectivity index is 2.29. The third-order valence-corrected chi connectivity index (χ3v) is 3.44. The van der Waals surface area contributed by atoms with Crippen molar-refractivity contribution in [3.8, 4) is 5.75 Å². The van der Waals surface area contributed by atoms with Gasteiger partial charge in [-0.1, -0.05) is 18.2 Å². The van der Waals surface area contributed by atoms with Crippen LogP contribution in [0.1, 0.15) is 25.8 Å². The summed E-state index contributed by atoms with van der Waals surface area (Å²) in [5.41, 5.74) is 1.73. The summed E-state index contributed by atoms with van der Waals surface area (Å²) in [4.78, 5) is 2.36. The van der Waals surface area contributed by atoms with Gasteiger partial charge in [0.15, 0.2) is 11.6 Å². The van der Waals surface area contributed by atoms with E-state index in [1.807, 2.05) is 12.1 Å². The fraction of sp³-hybridized carbons (Fsp3) is 0.467. The van der Waals surface area contributed by atoms with Crippen LogP contribution < -0.4 is 4.74 Å². The van der Waals surface area contributed by atoms with Gasteiger partial charge in [-0.05, 0) is 31.9 Å². The summed E-state index contributed by atoms with van der Waals surface area (Å²) in [5, 5.41) is 0. The van der Waals surface area contributed by atoms with E-state index in [-0.39, 0.29) is 5.82 Å². The molecule has 2 nitrogen and oxygen atoms in total. The van der Waals surface area contributed by atoms with E-state index in [1.54, 1.807) is 6.07 Å². The maximum absolute atomic E-state index is 14.2. The average molecular weight is 249 g/mol. The van der Waals surface area contributed by atoms with Crippen LogP contribution in [0.25, 0.3) is 5.57 Å². The normalized spacial score (nSPS) is 16.8. The Morgan fingerprint density at radius 2 is 2.11 bits per heavy atom. The molecular weight excluding hydrogens is 229 g/mol. The molecule has 0 spiro atoms. The molecule has 0 aliphatic carbocycles. The van der Waals surface area contributed by atoms with Gasteiger partial charge >= 0.3 is 0 Å². The first kappa shape index (κ1) is 13.1. The number of halogens is 1. The minimum atomic E-state index is -0.253. The van der Waals surface area contributed by atoms with Crippen LogP contribution in [-0.2, 0) is 0 Å². The molecule has 2 rings (SSSR count). The Bertz CT molecular complexity index is 454. The van der Waals surface area contributed by atoms with E-state index < -0.39 is 0 Å². The van der Waals surface area contributed by atoms with Gasteiger partial charge in [0.05, 0.1) is 7.11 Å². The lowest BCUT2D eigenvalue weighted by Gasteiger charge is -2.31. The molecule has 0 fully saturated rings. The van der Waals surface area contributed by atoms with E-state index in [9.17, 15) is 4.39 Å². The molecule has 0 bridgehead atoms. The lowest BCUT2D eigenvalue weighted by Crippen LogP contribution is -2.35. The molecule has 1 aromatic rings. The van der Waals surface area contributed by atoms with Crippen molar-refractivity contribution in [1.82, 2.24) is 4.90 Å². The molecule has 3 heteroatoms. The second kappa shape index (κ2) is 5.53. The van der Waals surface area contributed by atoms with Crippen molar-refractivity contribution in [3.05, 3.63) is 35.7 Å². The van der Waals surface area contributed by atoms with Crippen LogP contribution in [0.4, 0.5) is 4.39 Å². The van der Waals surface area contributed by atoms with Crippen molar-refractivity contribution >= 4 is 5.57 Å². The molecule has 1 heterocycles. The van der Waals surface area contributed by atoms with Crippen LogP contribution in [-0.4, -0.2) is 31.1 Å². The second-order valence-electron chi connectivity index (χ2n) is 4.90. The smallest absolute Gasteiger partial charge is 0.172 e. The first-order valence-electron chi connectivity index (χ1n) is 6.39. The van der Waals surface area contributed by atoms with Crippen LogP contribution >= 0.6 is 0 Å². The van der Waals surface area contributed by atoms with E-state index >= 15 is 0 Å². The van der Waals surface area contributed by atoms with Gasteiger partial charge < -0.3 is 4.74 Å². The predicted molar refractivity (Wildman–Crippen MR) is 72.3 cm³/mol. The highest BCUT2D eigenvalue weighted by Gasteiger charge is 2.19. The maximum Gasteiger partial charge on any atom is 0.172 e. The number of hydrogen-bond donors (Lipinski definition) is 0. The largest absolute Gasteiger partial charge is 0.494 e. The molecule has 1 aromatic carbocycles. The van der Waals surface area contributed by atoms with Crippen LogP contribution in [0, 0.1) is 5.82 Å². The van der Waals surface area contributed by atoms with Gasteiger partial charge in [-0.25, -0.2) is 4.39 Å². The highest BCUT2D eigenvalue weighted by atomic mass is 19.1. The molecule has 0 N–H and O–H groups in total. The van der Waals surface area contributed by atoms with Gasteiger partial charge in [0, 0.05) is 24.7 Å². The molecule has 0 aromatic heterocycles. The summed E-state index contributed by atoms with van der Waals surface area (Å²) in [5.74, 6) is 0.0620. The summed E-state index contributed by atoms with van der Waals surface area (Å²) in [6.45, 7) is 6.20. The summed E-state index contributed by atoms with van der Waals surface area (Å²) in [6, 6.07) is 5.81. The van der Waals surface area contributed by atoms with Crippen molar-refractivity contribution in [1.29, 1.82) is 0 Å². The Morgan fingerprint density at radius 3 is 2.78 bits per heavy atom. The highest BCUT2D eigenvalue weighted by Crippen LogP contribution is 2.28. The standard InChI is InChI=1S/C15H20FNO/c1-11(2)17-9-5-6-12(10-17)13-7-4-8-14(18-3)15(13)16/h4,6-8,11H,5,9-10H2,1-3H3. The molecule has 0 radical (unpaired) electrons. The van der Waals surface area contributed by atoms with E-state index in [4.69, 9.17) is 4.74 Å². The Labute approximate surface area is 108 Å². The van der Waals surface area contributed by atoms with Crippen molar-refractivity contribution < 1.29 is 9.13 Å². The fourth-order valence-electron chi connectivity index (χ4n) is 2.32. The quantitative estimate of drug-likeness (QED) is 0.814. The molecule has 0 amide bonds. The van der Waals surface area contributed by atoms with E-state index in [1.165, 1.54) is 7.11 Å². The fourth-order valence-corrected chi connectivity index (χ4v) is 2.32. The zero-order valence-corrected chi connectivity index (χ0v) is 11.2. The zero-order valence-electron chi connectivity index (χ0n) is 11.2. The minimum absolute atomic E-state index is 0.253. The lowest BCUT2D eigenvalue weighted by molar-refractivity contribution is 0.247. The third-order valence-electron chi connectivity index (χ3n) is 3.44. The average Bonchev–Trinajstić information content (AvgIpc) is 2.39. The van der Waals surface area contributed by atoms with Crippen molar-refractivity contribution in [2.24, 2.45) is 0 Å². The van der Waals surface area contributed by atoms with Crippen molar-refractivity contribution in [2.75, 3.05) is 20.2 Å². The number of ether oxygens (including phenoxy) is 1. The van der Waals surface area contributed by atoms with Crippen LogP contribution in [0.2, 0.25) is 0 Å². The predicted octanol–water partition coefficient (Wildman–Crippen LogP) is 3.33. The number of rotatable bonds is 3. The number of hydrogen-bond acceptors (Lipinski definition) is 2. The van der Waals surface area contributed by atoms with Crippen molar-refractivity contribution in [3.63, 3.8) is 0 Å². The highest BCUT2D eigenvalue weighted by molar-refractivity contribution is 5.69. The maximum atomic E-state index is 14.2. The SMILES string of the molecule is COc1cccc(C2=CCCN(C(C)C)C2)c1F. The Kier molecular flexibility index (Phi) is 4.02. The van der Waals surface area contributed by atoms with Gasteiger partial charge in [0.25, 0.3) is 0 Å². The Morgan fingerprint density at radius 1 is 1.33 bits per heavy atom. The number of benzene rings is 1. The minimum Gasteiger partial charge on any atom is -0.494 e. The molecule has 1 aliphatic heterocycles. The monoisotopic (exact) mass is 249 g/mol. The topological polar surface area (TPSA) is 12.5 Å².